The molecular weight excluding hydrogens is 332 g/mol. The van der Waals surface area contributed by atoms with Crippen molar-refractivity contribution in [3.63, 3.8) is 0 Å². The van der Waals surface area contributed by atoms with Crippen molar-refractivity contribution in [2.24, 2.45) is 0 Å². The summed E-state index contributed by atoms with van der Waals surface area (Å²) < 4.78 is 10.0. The van der Waals surface area contributed by atoms with Crippen molar-refractivity contribution in [2.75, 3.05) is 24.9 Å². The SMILES string of the molecule is COC(=O)c1ccccc1Nc1ccnc(Nc2cccc(OC)c2)n1. The maximum atomic E-state index is 11.9. The van der Waals surface area contributed by atoms with Crippen molar-refractivity contribution in [2.45, 2.75) is 0 Å². The van der Waals surface area contributed by atoms with Gasteiger partial charge in [-0.1, -0.05) is 18.2 Å². The molecule has 1 aromatic heterocycles. The Kier molecular flexibility index (Phi) is 5.28. The van der Waals surface area contributed by atoms with Crippen LogP contribution in [0.2, 0.25) is 0 Å². The zero-order valence-corrected chi connectivity index (χ0v) is 14.4. The highest BCUT2D eigenvalue weighted by atomic mass is 16.5. The van der Waals surface area contributed by atoms with E-state index in [0.29, 0.717) is 23.0 Å². The van der Waals surface area contributed by atoms with E-state index in [0.717, 1.165) is 11.4 Å². The number of aromatic nitrogens is 2. The molecule has 3 aromatic rings. The average Bonchev–Trinajstić information content (AvgIpc) is 2.68. The van der Waals surface area contributed by atoms with Crippen LogP contribution in [0.3, 0.4) is 0 Å². The zero-order valence-electron chi connectivity index (χ0n) is 14.4. The predicted molar refractivity (Wildman–Crippen MR) is 99.4 cm³/mol. The number of carbonyl (C=O) groups excluding carboxylic acids is 1. The van der Waals surface area contributed by atoms with Crippen LogP contribution in [-0.2, 0) is 4.74 Å². The standard InChI is InChI=1S/C19H18N4O3/c1-25-14-7-5-6-13(12-14)21-19-20-11-10-17(23-19)22-16-9-4-3-8-15(16)18(24)26-2/h3-12H,1-2H3,(H2,20,21,22,23). The van der Waals surface area contributed by atoms with E-state index in [2.05, 4.69) is 20.6 Å². The van der Waals surface area contributed by atoms with Crippen LogP contribution in [0.1, 0.15) is 10.4 Å². The van der Waals surface area contributed by atoms with Crippen LogP contribution in [0.5, 0.6) is 5.75 Å². The van der Waals surface area contributed by atoms with Crippen LogP contribution in [0.4, 0.5) is 23.1 Å². The van der Waals surface area contributed by atoms with Gasteiger partial charge in [0.2, 0.25) is 5.95 Å². The maximum absolute atomic E-state index is 11.9. The second kappa shape index (κ2) is 7.98. The van der Waals surface area contributed by atoms with Crippen molar-refractivity contribution in [1.82, 2.24) is 9.97 Å². The average molecular weight is 350 g/mol. The molecule has 0 radical (unpaired) electrons. The lowest BCUT2D eigenvalue weighted by Crippen LogP contribution is -2.06. The number of hydrogen-bond acceptors (Lipinski definition) is 7. The van der Waals surface area contributed by atoms with Crippen LogP contribution in [-0.4, -0.2) is 30.2 Å². The Labute approximate surface area is 151 Å². The number of anilines is 4. The maximum Gasteiger partial charge on any atom is 0.339 e. The Bertz CT molecular complexity index is 915. The van der Waals surface area contributed by atoms with Gasteiger partial charge in [-0.3, -0.25) is 0 Å². The molecule has 2 N–H and O–H groups in total. The van der Waals surface area contributed by atoms with Gasteiger partial charge in [0.25, 0.3) is 0 Å². The minimum Gasteiger partial charge on any atom is -0.497 e. The lowest BCUT2D eigenvalue weighted by atomic mass is 10.2. The van der Waals surface area contributed by atoms with E-state index in [9.17, 15) is 4.79 Å². The Morgan fingerprint density at radius 1 is 1.00 bits per heavy atom. The lowest BCUT2D eigenvalue weighted by molar-refractivity contribution is 0.0602. The molecule has 0 saturated heterocycles. The lowest BCUT2D eigenvalue weighted by Gasteiger charge is -2.11. The molecule has 0 spiro atoms. The summed E-state index contributed by atoms with van der Waals surface area (Å²) in [6.07, 6.45) is 1.62. The minimum atomic E-state index is -0.420. The Morgan fingerprint density at radius 2 is 1.85 bits per heavy atom. The van der Waals surface area contributed by atoms with Gasteiger partial charge >= 0.3 is 5.97 Å². The van der Waals surface area contributed by atoms with Gasteiger partial charge in [0.1, 0.15) is 11.6 Å². The van der Waals surface area contributed by atoms with Gasteiger partial charge < -0.3 is 20.1 Å². The second-order valence-electron chi connectivity index (χ2n) is 5.28. The van der Waals surface area contributed by atoms with Gasteiger partial charge in [0.15, 0.2) is 0 Å². The van der Waals surface area contributed by atoms with Crippen LogP contribution >= 0.6 is 0 Å². The quantitative estimate of drug-likeness (QED) is 0.655. The summed E-state index contributed by atoms with van der Waals surface area (Å²) in [6.45, 7) is 0. The molecule has 2 aromatic carbocycles. The number of rotatable bonds is 6. The van der Waals surface area contributed by atoms with Crippen LogP contribution < -0.4 is 15.4 Å². The predicted octanol–water partition coefficient (Wildman–Crippen LogP) is 3.76. The fourth-order valence-corrected chi connectivity index (χ4v) is 2.34. The van der Waals surface area contributed by atoms with Crippen molar-refractivity contribution in [3.8, 4) is 5.75 Å². The Morgan fingerprint density at radius 3 is 2.65 bits per heavy atom. The van der Waals surface area contributed by atoms with E-state index in [1.54, 1.807) is 37.6 Å². The van der Waals surface area contributed by atoms with Gasteiger partial charge in [0, 0.05) is 18.0 Å². The van der Waals surface area contributed by atoms with E-state index in [4.69, 9.17) is 9.47 Å². The van der Waals surface area contributed by atoms with E-state index < -0.39 is 5.97 Å². The first-order chi connectivity index (χ1) is 12.7. The smallest absolute Gasteiger partial charge is 0.339 e. The molecule has 0 amide bonds. The fourth-order valence-electron chi connectivity index (χ4n) is 2.34. The highest BCUT2D eigenvalue weighted by Crippen LogP contribution is 2.23. The van der Waals surface area contributed by atoms with E-state index in [1.165, 1.54) is 7.11 Å². The van der Waals surface area contributed by atoms with Crippen molar-refractivity contribution in [3.05, 3.63) is 66.4 Å². The number of benzene rings is 2. The molecule has 7 heteroatoms. The van der Waals surface area contributed by atoms with Crippen LogP contribution in [0, 0.1) is 0 Å². The zero-order chi connectivity index (χ0) is 18.4. The summed E-state index contributed by atoms with van der Waals surface area (Å²) in [4.78, 5) is 20.5. The molecule has 0 atom stereocenters. The molecule has 0 saturated carbocycles. The van der Waals surface area contributed by atoms with Gasteiger partial charge in [-0.15, -0.1) is 0 Å². The minimum absolute atomic E-state index is 0.416. The molecule has 1 heterocycles. The summed E-state index contributed by atoms with van der Waals surface area (Å²) in [7, 11) is 2.96. The topological polar surface area (TPSA) is 85.4 Å². The van der Waals surface area contributed by atoms with Crippen molar-refractivity contribution >= 4 is 29.1 Å². The molecule has 26 heavy (non-hydrogen) atoms. The fraction of sp³-hybridized carbons (Fsp3) is 0.105. The number of esters is 1. The van der Waals surface area contributed by atoms with Crippen molar-refractivity contribution in [1.29, 1.82) is 0 Å². The molecule has 132 valence electrons. The number of methoxy groups -OCH3 is 2. The normalized spacial score (nSPS) is 10.1. The van der Waals surface area contributed by atoms with Crippen LogP contribution in [0.15, 0.2) is 60.8 Å². The molecule has 0 unspecified atom stereocenters. The van der Waals surface area contributed by atoms with Gasteiger partial charge in [-0.2, -0.15) is 4.98 Å². The van der Waals surface area contributed by atoms with Gasteiger partial charge in [-0.25, -0.2) is 9.78 Å². The Hall–Kier alpha value is -3.61. The molecule has 7 nitrogen and oxygen atoms in total. The summed E-state index contributed by atoms with van der Waals surface area (Å²) >= 11 is 0. The number of nitrogens with one attached hydrogen (secondary N) is 2. The molecule has 0 aliphatic rings. The van der Waals surface area contributed by atoms with E-state index in [-0.39, 0.29) is 0 Å². The summed E-state index contributed by atoms with van der Waals surface area (Å²) in [5.74, 6) is 1.27. The third-order valence-corrected chi connectivity index (χ3v) is 3.58. The largest absolute Gasteiger partial charge is 0.497 e. The number of carbonyl (C=O) groups is 1. The monoisotopic (exact) mass is 350 g/mol. The number of nitrogens with zero attached hydrogens (tertiary/aromatic N) is 2. The first kappa shape index (κ1) is 17.2. The summed E-state index contributed by atoms with van der Waals surface area (Å²) in [6, 6.07) is 16.2. The summed E-state index contributed by atoms with van der Waals surface area (Å²) in [5, 5.41) is 6.24. The first-order valence-corrected chi connectivity index (χ1v) is 7.88. The van der Waals surface area contributed by atoms with Crippen molar-refractivity contribution < 1.29 is 14.3 Å². The number of hydrogen-bond donors (Lipinski definition) is 2. The van der Waals surface area contributed by atoms with E-state index in [1.807, 2.05) is 30.3 Å². The Balaban J connectivity index is 1.81. The van der Waals surface area contributed by atoms with Gasteiger partial charge in [0.05, 0.1) is 25.5 Å². The number of para-hydroxylation sites is 1. The number of ether oxygens (including phenoxy) is 2. The van der Waals surface area contributed by atoms with Gasteiger partial charge in [-0.05, 0) is 30.3 Å². The third kappa shape index (κ3) is 4.07. The molecular formula is C19H18N4O3. The second-order valence-corrected chi connectivity index (χ2v) is 5.28. The van der Waals surface area contributed by atoms with E-state index >= 15 is 0 Å². The summed E-state index contributed by atoms with van der Waals surface area (Å²) in [5.41, 5.74) is 1.83. The molecule has 0 fully saturated rings. The molecule has 0 bridgehead atoms. The highest BCUT2D eigenvalue weighted by molar-refractivity contribution is 5.96. The molecule has 3 rings (SSSR count). The van der Waals surface area contributed by atoms with Crippen LogP contribution in [0.25, 0.3) is 0 Å². The molecule has 0 aliphatic carbocycles. The molecule has 0 aliphatic heterocycles. The first-order valence-electron chi connectivity index (χ1n) is 7.88. The highest BCUT2D eigenvalue weighted by Gasteiger charge is 2.11. The third-order valence-electron chi connectivity index (χ3n) is 3.58.